The summed E-state index contributed by atoms with van der Waals surface area (Å²) < 4.78 is 26.1. The summed E-state index contributed by atoms with van der Waals surface area (Å²) in [4.78, 5) is 37.0. The van der Waals surface area contributed by atoms with Gasteiger partial charge in [0, 0.05) is 12.1 Å². The number of rotatable bonds is 9. The lowest BCUT2D eigenvalue weighted by atomic mass is 10.0. The highest BCUT2D eigenvalue weighted by Crippen LogP contribution is 2.35. The highest BCUT2D eigenvalue weighted by atomic mass is 16.5. The summed E-state index contributed by atoms with van der Waals surface area (Å²) in [5.74, 6) is -0.401. The van der Waals surface area contributed by atoms with Crippen molar-refractivity contribution in [1.29, 1.82) is 0 Å². The van der Waals surface area contributed by atoms with Gasteiger partial charge >= 0.3 is 18.0 Å². The molecule has 0 aromatic heterocycles. The van der Waals surface area contributed by atoms with Crippen LogP contribution in [0.2, 0.25) is 0 Å². The molecule has 1 atom stereocenters. The molecule has 0 saturated heterocycles. The summed E-state index contributed by atoms with van der Waals surface area (Å²) in [6, 6.07) is 1.88. The van der Waals surface area contributed by atoms with Gasteiger partial charge in [0.1, 0.15) is 17.9 Å². The lowest BCUT2D eigenvalue weighted by molar-refractivity contribution is -0.139. The number of hydrogen-bond donors (Lipinski definition) is 2. The molecule has 2 amide bonds. The SMILES string of the molecule is CCOC(=O)C1=C(COC(=O)c2cc(OC)c(OC)cc2OC)NC(=O)NC1CC. The number of esters is 2. The van der Waals surface area contributed by atoms with E-state index in [1.807, 2.05) is 6.92 Å². The first-order valence-electron chi connectivity index (χ1n) is 9.34. The van der Waals surface area contributed by atoms with Gasteiger partial charge in [-0.05, 0) is 13.3 Å². The van der Waals surface area contributed by atoms with Gasteiger partial charge in [-0.25, -0.2) is 14.4 Å². The van der Waals surface area contributed by atoms with Crippen molar-refractivity contribution in [3.05, 3.63) is 29.0 Å². The number of carbonyl (C=O) groups is 3. The van der Waals surface area contributed by atoms with Crippen LogP contribution in [0, 0.1) is 0 Å². The zero-order valence-electron chi connectivity index (χ0n) is 17.6. The van der Waals surface area contributed by atoms with Gasteiger partial charge in [-0.3, -0.25) is 0 Å². The largest absolute Gasteiger partial charge is 0.496 e. The molecule has 10 nitrogen and oxygen atoms in total. The maximum atomic E-state index is 12.7. The molecule has 10 heteroatoms. The van der Waals surface area contributed by atoms with E-state index < -0.39 is 24.0 Å². The van der Waals surface area contributed by atoms with Crippen LogP contribution in [0.15, 0.2) is 23.4 Å². The summed E-state index contributed by atoms with van der Waals surface area (Å²) in [6.45, 7) is 3.32. The number of benzene rings is 1. The van der Waals surface area contributed by atoms with Crippen LogP contribution in [-0.4, -0.2) is 58.6 Å². The highest BCUT2D eigenvalue weighted by Gasteiger charge is 2.32. The normalized spacial score (nSPS) is 15.6. The number of ether oxygens (including phenoxy) is 5. The molecule has 1 heterocycles. The summed E-state index contributed by atoms with van der Waals surface area (Å²) in [6.07, 6.45) is 0.461. The van der Waals surface area contributed by atoms with Gasteiger partial charge in [-0.15, -0.1) is 0 Å². The van der Waals surface area contributed by atoms with E-state index in [0.717, 1.165) is 0 Å². The van der Waals surface area contributed by atoms with Crippen molar-refractivity contribution in [2.75, 3.05) is 34.5 Å². The monoisotopic (exact) mass is 422 g/mol. The lowest BCUT2D eigenvalue weighted by Gasteiger charge is -2.28. The molecule has 30 heavy (non-hydrogen) atoms. The van der Waals surface area contributed by atoms with Gasteiger partial charge in [-0.1, -0.05) is 6.92 Å². The van der Waals surface area contributed by atoms with Crippen molar-refractivity contribution in [1.82, 2.24) is 10.6 Å². The molecule has 2 N–H and O–H groups in total. The molecule has 164 valence electrons. The second-order valence-electron chi connectivity index (χ2n) is 6.16. The van der Waals surface area contributed by atoms with Crippen LogP contribution in [-0.2, 0) is 14.3 Å². The number of nitrogens with one attached hydrogen (secondary N) is 2. The number of methoxy groups -OCH3 is 3. The first kappa shape index (κ1) is 22.9. The van der Waals surface area contributed by atoms with E-state index >= 15 is 0 Å². The summed E-state index contributed by atoms with van der Waals surface area (Å²) in [7, 11) is 4.30. The van der Waals surface area contributed by atoms with E-state index in [9.17, 15) is 14.4 Å². The Morgan fingerprint density at radius 1 is 0.933 bits per heavy atom. The minimum absolute atomic E-state index is 0.0979. The molecular formula is C20H26N2O8. The third-order valence-electron chi connectivity index (χ3n) is 4.42. The highest BCUT2D eigenvalue weighted by molar-refractivity contribution is 5.96. The predicted octanol–water partition coefficient (Wildman–Crippen LogP) is 1.78. The van der Waals surface area contributed by atoms with E-state index in [-0.39, 0.29) is 35.8 Å². The third kappa shape index (κ3) is 4.94. The molecule has 0 aliphatic carbocycles. The van der Waals surface area contributed by atoms with Gasteiger partial charge in [0.05, 0.1) is 45.2 Å². The maximum Gasteiger partial charge on any atom is 0.342 e. The number of carbonyl (C=O) groups excluding carboxylic acids is 3. The quantitative estimate of drug-likeness (QED) is 0.578. The van der Waals surface area contributed by atoms with Crippen LogP contribution in [0.25, 0.3) is 0 Å². The smallest absolute Gasteiger partial charge is 0.342 e. The van der Waals surface area contributed by atoms with E-state index in [0.29, 0.717) is 17.9 Å². The zero-order chi connectivity index (χ0) is 22.3. The molecular weight excluding hydrogens is 396 g/mol. The van der Waals surface area contributed by atoms with Crippen LogP contribution in [0.1, 0.15) is 30.6 Å². The molecule has 0 bridgehead atoms. The van der Waals surface area contributed by atoms with Crippen molar-refractivity contribution in [2.24, 2.45) is 0 Å². The number of urea groups is 1. The van der Waals surface area contributed by atoms with Gasteiger partial charge in [0.25, 0.3) is 0 Å². The van der Waals surface area contributed by atoms with Crippen molar-refractivity contribution in [2.45, 2.75) is 26.3 Å². The fourth-order valence-electron chi connectivity index (χ4n) is 2.98. The molecule has 2 rings (SSSR count). The van der Waals surface area contributed by atoms with Gasteiger partial charge < -0.3 is 34.3 Å². The van der Waals surface area contributed by atoms with Crippen LogP contribution < -0.4 is 24.8 Å². The average molecular weight is 422 g/mol. The molecule has 1 aromatic carbocycles. The fourth-order valence-corrected chi connectivity index (χ4v) is 2.98. The minimum atomic E-state index is -0.732. The molecule has 1 aliphatic heterocycles. The number of amides is 2. The molecule has 1 unspecified atom stereocenters. The van der Waals surface area contributed by atoms with Gasteiger partial charge in [-0.2, -0.15) is 0 Å². The Morgan fingerprint density at radius 3 is 2.13 bits per heavy atom. The number of hydrogen-bond acceptors (Lipinski definition) is 8. The van der Waals surface area contributed by atoms with E-state index in [2.05, 4.69) is 10.6 Å². The molecule has 0 fully saturated rings. The molecule has 1 aromatic rings. The van der Waals surface area contributed by atoms with E-state index in [1.165, 1.54) is 33.5 Å². The standard InChI is InChI=1S/C20H26N2O8/c1-6-12-17(19(24)29-7-2)13(22-20(25)21-12)10-30-18(23)11-8-15(27-4)16(28-5)9-14(11)26-3/h8-9,12H,6-7,10H2,1-5H3,(H2,21,22,25). The predicted molar refractivity (Wildman–Crippen MR) is 106 cm³/mol. The van der Waals surface area contributed by atoms with Gasteiger partial charge in [0.15, 0.2) is 11.5 Å². The van der Waals surface area contributed by atoms with Crippen LogP contribution in [0.4, 0.5) is 4.79 Å². The first-order valence-corrected chi connectivity index (χ1v) is 9.34. The summed E-state index contributed by atoms with van der Waals surface area (Å²) in [5, 5.41) is 5.17. The van der Waals surface area contributed by atoms with E-state index in [4.69, 9.17) is 23.7 Å². The second kappa shape index (κ2) is 10.4. The molecule has 0 spiro atoms. The Bertz CT molecular complexity index is 849. The second-order valence-corrected chi connectivity index (χ2v) is 6.16. The van der Waals surface area contributed by atoms with Crippen LogP contribution in [0.3, 0.4) is 0 Å². The maximum absolute atomic E-state index is 12.7. The van der Waals surface area contributed by atoms with Crippen LogP contribution in [0.5, 0.6) is 17.2 Å². The molecule has 1 aliphatic rings. The van der Waals surface area contributed by atoms with Crippen molar-refractivity contribution < 1.29 is 38.1 Å². The van der Waals surface area contributed by atoms with Crippen molar-refractivity contribution in [3.63, 3.8) is 0 Å². The Balaban J connectivity index is 2.32. The topological polar surface area (TPSA) is 121 Å². The first-order chi connectivity index (χ1) is 14.4. The molecule has 0 radical (unpaired) electrons. The Kier molecular flexibility index (Phi) is 7.90. The van der Waals surface area contributed by atoms with Crippen LogP contribution >= 0.6 is 0 Å². The Hall–Kier alpha value is -3.43. The molecule has 0 saturated carbocycles. The lowest BCUT2D eigenvalue weighted by Crippen LogP contribution is -2.51. The van der Waals surface area contributed by atoms with Crippen molar-refractivity contribution in [3.8, 4) is 17.2 Å². The summed E-state index contributed by atoms with van der Waals surface area (Å²) in [5.41, 5.74) is 0.476. The summed E-state index contributed by atoms with van der Waals surface area (Å²) >= 11 is 0. The average Bonchev–Trinajstić information content (AvgIpc) is 2.75. The van der Waals surface area contributed by atoms with Crippen molar-refractivity contribution >= 4 is 18.0 Å². The zero-order valence-corrected chi connectivity index (χ0v) is 17.6. The Morgan fingerprint density at radius 2 is 1.57 bits per heavy atom. The van der Waals surface area contributed by atoms with E-state index in [1.54, 1.807) is 6.92 Å². The fraction of sp³-hybridized carbons (Fsp3) is 0.450. The Labute approximate surface area is 174 Å². The van der Waals surface area contributed by atoms with Gasteiger partial charge in [0.2, 0.25) is 0 Å². The minimum Gasteiger partial charge on any atom is -0.496 e. The third-order valence-corrected chi connectivity index (χ3v) is 4.42.